The second-order valence-corrected chi connectivity index (χ2v) is 6.15. The van der Waals surface area contributed by atoms with Gasteiger partial charge in [-0.25, -0.2) is 4.98 Å². The van der Waals surface area contributed by atoms with Gasteiger partial charge in [0, 0.05) is 23.4 Å². The van der Waals surface area contributed by atoms with Gasteiger partial charge in [-0.1, -0.05) is 12.1 Å². The smallest absolute Gasteiger partial charge is 0.266 e. The van der Waals surface area contributed by atoms with Crippen molar-refractivity contribution in [3.8, 4) is 5.75 Å². The summed E-state index contributed by atoms with van der Waals surface area (Å²) in [6.07, 6.45) is 1.64. The Morgan fingerprint density at radius 2 is 1.86 bits per heavy atom. The molecule has 0 saturated carbocycles. The zero-order valence-electron chi connectivity index (χ0n) is 12.3. The van der Waals surface area contributed by atoms with Crippen molar-refractivity contribution < 1.29 is 9.29 Å². The summed E-state index contributed by atoms with van der Waals surface area (Å²) in [6, 6.07) is 11.1. The van der Waals surface area contributed by atoms with Crippen LogP contribution in [-0.4, -0.2) is 26.6 Å². The fraction of sp³-hybridized carbons (Fsp3) is 0.188. The molecule has 0 saturated heterocycles. The molecule has 22 heavy (non-hydrogen) atoms. The molecule has 1 atom stereocenters. The van der Waals surface area contributed by atoms with Crippen molar-refractivity contribution in [3.05, 3.63) is 54.0 Å². The number of rotatable bonds is 4. The maximum Gasteiger partial charge on any atom is 0.266 e. The van der Waals surface area contributed by atoms with Gasteiger partial charge in [-0.2, -0.15) is 4.98 Å². The number of aromatic nitrogens is 3. The zero-order valence-corrected chi connectivity index (χ0v) is 13.1. The normalized spacial score (nSPS) is 12.3. The lowest BCUT2D eigenvalue weighted by molar-refractivity contribution is 0.413. The number of aryl methyl sites for hydroxylation is 1. The highest BCUT2D eigenvalue weighted by Crippen LogP contribution is 2.21. The van der Waals surface area contributed by atoms with Crippen LogP contribution in [0.1, 0.15) is 11.4 Å². The summed E-state index contributed by atoms with van der Waals surface area (Å²) in [5, 5.41) is 0.503. The lowest BCUT2D eigenvalue weighted by Gasteiger charge is -2.12. The molecule has 0 radical (unpaired) electrons. The number of pyridine rings is 1. The summed E-state index contributed by atoms with van der Waals surface area (Å²) < 4.78 is 17.8. The molecule has 0 N–H and O–H groups in total. The van der Waals surface area contributed by atoms with E-state index in [-0.39, 0.29) is 5.75 Å². The van der Waals surface area contributed by atoms with Crippen LogP contribution in [0.4, 0.5) is 0 Å². The van der Waals surface area contributed by atoms with Gasteiger partial charge in [0.25, 0.3) is 5.03 Å². The maximum absolute atomic E-state index is 12.6. The van der Waals surface area contributed by atoms with Gasteiger partial charge in [0.05, 0.1) is 23.8 Å². The Kier molecular flexibility index (Phi) is 4.22. The predicted molar refractivity (Wildman–Crippen MR) is 85.2 cm³/mol. The fourth-order valence-electron chi connectivity index (χ4n) is 2.15. The first kappa shape index (κ1) is 14.7. The Bertz CT molecular complexity index is 810. The minimum Gasteiger partial charge on any atom is -0.610 e. The van der Waals surface area contributed by atoms with Gasteiger partial charge in [0.15, 0.2) is 5.75 Å². The number of nitrogens with zero attached hydrogens (tertiary/aromatic N) is 3. The Morgan fingerprint density at radius 3 is 2.59 bits per heavy atom. The number of benzene rings is 1. The van der Waals surface area contributed by atoms with Crippen LogP contribution in [-0.2, 0) is 16.9 Å². The number of ether oxygens (including phenoxy) is 1. The monoisotopic (exact) mass is 313 g/mol. The van der Waals surface area contributed by atoms with E-state index in [4.69, 9.17) is 4.74 Å². The minimum absolute atomic E-state index is 0.283. The van der Waals surface area contributed by atoms with Crippen LogP contribution < -0.4 is 4.74 Å². The van der Waals surface area contributed by atoms with Gasteiger partial charge >= 0.3 is 0 Å². The van der Waals surface area contributed by atoms with Gasteiger partial charge in [-0.3, -0.25) is 4.98 Å². The summed E-state index contributed by atoms with van der Waals surface area (Å²) in [5.41, 5.74) is 2.93. The third-order valence-electron chi connectivity index (χ3n) is 3.22. The van der Waals surface area contributed by atoms with Gasteiger partial charge in [0.1, 0.15) is 11.4 Å². The van der Waals surface area contributed by atoms with E-state index in [1.54, 1.807) is 25.4 Å². The summed E-state index contributed by atoms with van der Waals surface area (Å²) >= 11 is -1.30. The maximum atomic E-state index is 12.6. The van der Waals surface area contributed by atoms with E-state index >= 15 is 0 Å². The van der Waals surface area contributed by atoms with Crippen molar-refractivity contribution in [3.63, 3.8) is 0 Å². The largest absolute Gasteiger partial charge is 0.610 e. The summed E-state index contributed by atoms with van der Waals surface area (Å²) in [5.74, 6) is 0.980. The number of methoxy groups -OCH3 is 1. The molecule has 0 aliphatic carbocycles. The first-order valence-corrected chi connectivity index (χ1v) is 8.10. The topological polar surface area (TPSA) is 71.0 Å². The molecule has 0 fully saturated rings. The fourth-order valence-corrected chi connectivity index (χ4v) is 3.29. The van der Waals surface area contributed by atoms with Crippen LogP contribution in [0.2, 0.25) is 0 Å². The van der Waals surface area contributed by atoms with Crippen molar-refractivity contribution in [1.29, 1.82) is 0 Å². The second kappa shape index (κ2) is 6.29. The molecule has 6 heteroatoms. The average Bonchev–Trinajstić information content (AvgIpc) is 2.54. The minimum atomic E-state index is -1.30. The lowest BCUT2D eigenvalue weighted by atomic mass is 10.3. The van der Waals surface area contributed by atoms with E-state index in [0.717, 1.165) is 11.0 Å². The average molecular weight is 313 g/mol. The molecule has 1 aromatic carbocycles. The van der Waals surface area contributed by atoms with Crippen LogP contribution >= 0.6 is 0 Å². The molecule has 5 nitrogen and oxygen atoms in total. The SMILES string of the molecule is COc1ccnc(C[S+]([O-])c2nc3ccccc3nc2C)c1. The van der Waals surface area contributed by atoms with Crippen LogP contribution in [0.3, 0.4) is 0 Å². The number of para-hydroxylation sites is 2. The van der Waals surface area contributed by atoms with E-state index in [0.29, 0.717) is 22.2 Å². The number of hydrogen-bond acceptors (Lipinski definition) is 5. The molecule has 0 bridgehead atoms. The Labute approximate surface area is 131 Å². The number of hydrogen-bond donors (Lipinski definition) is 0. The molecule has 0 aliphatic heterocycles. The summed E-state index contributed by atoms with van der Waals surface area (Å²) in [7, 11) is 1.59. The second-order valence-electron chi connectivity index (χ2n) is 4.78. The lowest BCUT2D eigenvalue weighted by Crippen LogP contribution is -2.11. The van der Waals surface area contributed by atoms with Crippen molar-refractivity contribution in [2.24, 2.45) is 0 Å². The van der Waals surface area contributed by atoms with Crippen molar-refractivity contribution in [1.82, 2.24) is 15.0 Å². The molecule has 0 spiro atoms. The van der Waals surface area contributed by atoms with E-state index in [1.807, 2.05) is 31.2 Å². The summed E-state index contributed by atoms with van der Waals surface area (Å²) in [4.78, 5) is 13.2. The summed E-state index contributed by atoms with van der Waals surface area (Å²) in [6.45, 7) is 1.83. The Morgan fingerprint density at radius 1 is 1.14 bits per heavy atom. The van der Waals surface area contributed by atoms with Gasteiger partial charge < -0.3 is 9.29 Å². The van der Waals surface area contributed by atoms with E-state index in [1.165, 1.54) is 0 Å². The van der Waals surface area contributed by atoms with Crippen molar-refractivity contribution in [2.45, 2.75) is 17.7 Å². The Balaban J connectivity index is 1.91. The standard InChI is InChI=1S/C16H15N3O2S/c1-11-16(19-15-6-4-3-5-14(15)18-11)22(20)10-12-9-13(21-2)7-8-17-12/h3-9H,10H2,1-2H3. The van der Waals surface area contributed by atoms with Crippen molar-refractivity contribution >= 4 is 22.2 Å². The first-order chi connectivity index (χ1) is 10.7. The van der Waals surface area contributed by atoms with Crippen LogP contribution in [0.25, 0.3) is 11.0 Å². The Hall–Kier alpha value is -2.18. The molecule has 1 unspecified atom stereocenters. The van der Waals surface area contributed by atoms with Gasteiger partial charge in [0.2, 0.25) is 0 Å². The molecule has 3 rings (SSSR count). The first-order valence-electron chi connectivity index (χ1n) is 6.78. The van der Waals surface area contributed by atoms with Gasteiger partial charge in [-0.15, -0.1) is 0 Å². The molecule has 0 amide bonds. The van der Waals surface area contributed by atoms with E-state index in [9.17, 15) is 4.55 Å². The predicted octanol–water partition coefficient (Wildman–Crippen LogP) is 2.65. The van der Waals surface area contributed by atoms with E-state index in [2.05, 4.69) is 15.0 Å². The highest BCUT2D eigenvalue weighted by molar-refractivity contribution is 7.90. The number of fused-ring (bicyclic) bond motifs is 1. The molecule has 0 aliphatic rings. The van der Waals surface area contributed by atoms with Crippen LogP contribution in [0, 0.1) is 6.92 Å². The quantitative estimate of drug-likeness (QED) is 0.692. The van der Waals surface area contributed by atoms with Crippen LogP contribution in [0.15, 0.2) is 47.6 Å². The van der Waals surface area contributed by atoms with Crippen LogP contribution in [0.5, 0.6) is 5.75 Å². The van der Waals surface area contributed by atoms with E-state index < -0.39 is 11.2 Å². The molecule has 2 aromatic heterocycles. The highest BCUT2D eigenvalue weighted by atomic mass is 32.2. The van der Waals surface area contributed by atoms with Gasteiger partial charge in [-0.05, 0) is 25.1 Å². The molecule has 2 heterocycles. The molecule has 112 valence electrons. The third kappa shape index (κ3) is 3.03. The molecule has 3 aromatic rings. The molecular weight excluding hydrogens is 298 g/mol. The molecular formula is C16H15N3O2S. The third-order valence-corrected chi connectivity index (χ3v) is 4.60. The highest BCUT2D eigenvalue weighted by Gasteiger charge is 2.20. The zero-order chi connectivity index (χ0) is 15.5. The van der Waals surface area contributed by atoms with Crippen molar-refractivity contribution in [2.75, 3.05) is 7.11 Å².